The third kappa shape index (κ3) is 7.82. The van der Waals surface area contributed by atoms with Crippen LogP contribution in [0.5, 0.6) is 0 Å². The normalized spacial score (nSPS) is 16.2. The van der Waals surface area contributed by atoms with E-state index in [1.807, 2.05) is 0 Å². The lowest BCUT2D eigenvalue weighted by molar-refractivity contribution is -0.274. The molecular formula is CHF3O5PS+. The molecule has 0 rings (SSSR count). The molecule has 0 amide bonds. The molecule has 2 unspecified atom stereocenters. The number of alkyl halides is 3. The molecule has 0 fully saturated rings. The summed E-state index contributed by atoms with van der Waals surface area (Å²) in [4.78, 5) is 0. The first-order valence-electron chi connectivity index (χ1n) is 1.83. The molecule has 0 aromatic carbocycles. The molecule has 0 aliphatic rings. The van der Waals surface area contributed by atoms with Crippen LogP contribution >= 0.6 is 8.25 Å². The van der Waals surface area contributed by atoms with Gasteiger partial charge < -0.3 is 0 Å². The summed E-state index contributed by atoms with van der Waals surface area (Å²) in [5.74, 6) is 0. The van der Waals surface area contributed by atoms with E-state index in [1.54, 1.807) is 0 Å². The van der Waals surface area contributed by atoms with Gasteiger partial charge in [-0.15, -0.1) is 13.2 Å². The molecule has 5 nitrogen and oxygen atoms in total. The molecule has 10 heteroatoms. The predicted molar refractivity (Wildman–Crippen MR) is 26.6 cm³/mol. The van der Waals surface area contributed by atoms with Crippen LogP contribution < -0.4 is 0 Å². The van der Waals surface area contributed by atoms with Crippen LogP contribution in [0.4, 0.5) is 13.2 Å². The number of rotatable bonds is 3. The molecule has 0 saturated carbocycles. The van der Waals surface area contributed by atoms with Crippen LogP contribution in [0, 0.1) is 0 Å². The van der Waals surface area contributed by atoms with Crippen LogP contribution in [-0.2, 0) is 24.4 Å². The van der Waals surface area contributed by atoms with Crippen LogP contribution in [0.25, 0.3) is 0 Å². The van der Waals surface area contributed by atoms with Crippen LogP contribution in [0.15, 0.2) is 0 Å². The third-order valence-electron chi connectivity index (χ3n) is 0.303. The van der Waals surface area contributed by atoms with Crippen LogP contribution in [0.2, 0.25) is 0 Å². The highest BCUT2D eigenvalue weighted by Gasteiger charge is 2.45. The summed E-state index contributed by atoms with van der Waals surface area (Å²) in [5, 5.41) is 0. The van der Waals surface area contributed by atoms with Gasteiger partial charge in [0.1, 0.15) is 0 Å². The molecule has 0 aromatic rings. The Bertz CT molecular complexity index is 177. The highest BCUT2D eigenvalue weighted by molar-refractivity contribution is 7.78. The van der Waals surface area contributed by atoms with E-state index in [4.69, 9.17) is 4.55 Å². The van der Waals surface area contributed by atoms with Gasteiger partial charge in [0.2, 0.25) is 0 Å². The van der Waals surface area contributed by atoms with E-state index in [0.717, 1.165) is 0 Å². The molecule has 66 valence electrons. The van der Waals surface area contributed by atoms with Crippen LogP contribution in [0.3, 0.4) is 0 Å². The fraction of sp³-hybridized carbons (Fsp3) is 1.00. The lowest BCUT2D eigenvalue weighted by Gasteiger charge is -1.91. The van der Waals surface area contributed by atoms with Crippen molar-refractivity contribution in [3.8, 4) is 0 Å². The Hall–Kier alpha value is -0.0800. The van der Waals surface area contributed by atoms with Crippen molar-refractivity contribution >= 4 is 19.6 Å². The molecule has 11 heavy (non-hydrogen) atoms. The fourth-order valence-corrected chi connectivity index (χ4v) is 0.859. The van der Waals surface area contributed by atoms with E-state index in [9.17, 15) is 21.9 Å². The van der Waals surface area contributed by atoms with Gasteiger partial charge in [0.05, 0.1) is 0 Å². The highest BCUT2D eigenvalue weighted by atomic mass is 32.2. The smallest absolute Gasteiger partial charge is 0.281 e. The predicted octanol–water partition coefficient (Wildman–Crippen LogP) is 1.33. The van der Waals surface area contributed by atoms with Gasteiger partial charge >= 0.3 is 26.0 Å². The summed E-state index contributed by atoms with van der Waals surface area (Å²) in [7, 11) is -3.63. The SMILES string of the molecule is O=[P+](OS(=O)O)OC(F)(F)F. The van der Waals surface area contributed by atoms with Gasteiger partial charge in [0.15, 0.2) is 0 Å². The van der Waals surface area contributed by atoms with Gasteiger partial charge in [0.25, 0.3) is 0 Å². The minimum absolute atomic E-state index is 2.68. The summed E-state index contributed by atoms with van der Waals surface area (Å²) in [5.41, 5.74) is 0. The first-order valence-corrected chi connectivity index (χ1v) is 3.96. The lowest BCUT2D eigenvalue weighted by atomic mass is 11.4. The molecule has 1 N–H and O–H groups in total. The molecular weight excluding hydrogens is 212 g/mol. The van der Waals surface area contributed by atoms with Gasteiger partial charge in [-0.2, -0.15) is 4.21 Å². The molecule has 0 radical (unpaired) electrons. The van der Waals surface area contributed by atoms with E-state index < -0.39 is 26.0 Å². The monoisotopic (exact) mass is 213 g/mol. The third-order valence-corrected chi connectivity index (χ3v) is 1.66. The number of halogens is 3. The van der Waals surface area contributed by atoms with Gasteiger partial charge in [0, 0.05) is 8.54 Å². The van der Waals surface area contributed by atoms with Crippen molar-refractivity contribution < 1.29 is 35.0 Å². The van der Waals surface area contributed by atoms with Gasteiger partial charge in [-0.05, 0) is 4.52 Å². The Labute approximate surface area is 61.9 Å². The van der Waals surface area contributed by atoms with E-state index in [1.165, 1.54) is 0 Å². The number of hydrogen-bond acceptors (Lipinski definition) is 4. The second-order valence-corrected chi connectivity index (χ2v) is 2.71. The Morgan fingerprint density at radius 1 is 1.45 bits per heavy atom. The Morgan fingerprint density at radius 2 is 1.91 bits per heavy atom. The van der Waals surface area contributed by atoms with Crippen LogP contribution in [-0.4, -0.2) is 15.1 Å². The lowest BCUT2D eigenvalue weighted by Crippen LogP contribution is -2.08. The van der Waals surface area contributed by atoms with E-state index in [0.29, 0.717) is 0 Å². The summed E-state index contributed by atoms with van der Waals surface area (Å²) >= 11 is -3.04. The number of hydrogen-bond donors (Lipinski definition) is 1. The summed E-state index contributed by atoms with van der Waals surface area (Å²) < 4.78 is 66.4. The minimum Gasteiger partial charge on any atom is -0.281 e. The van der Waals surface area contributed by atoms with Crippen LogP contribution in [0.1, 0.15) is 0 Å². The molecule has 0 bridgehead atoms. The van der Waals surface area contributed by atoms with Crippen molar-refractivity contribution in [2.45, 2.75) is 6.36 Å². The van der Waals surface area contributed by atoms with E-state index in [-0.39, 0.29) is 0 Å². The van der Waals surface area contributed by atoms with Crippen molar-refractivity contribution in [1.29, 1.82) is 0 Å². The molecule has 0 heterocycles. The maximum Gasteiger partial charge on any atom is 0.723 e. The van der Waals surface area contributed by atoms with Crippen molar-refractivity contribution in [3.05, 3.63) is 0 Å². The zero-order valence-corrected chi connectivity index (χ0v) is 6.28. The fourth-order valence-electron chi connectivity index (χ4n) is 0.152. The van der Waals surface area contributed by atoms with E-state index >= 15 is 0 Å². The second-order valence-electron chi connectivity index (χ2n) is 1.05. The molecule has 0 saturated heterocycles. The Kier molecular flexibility index (Phi) is 4.04. The topological polar surface area (TPSA) is 72.8 Å². The van der Waals surface area contributed by atoms with Crippen molar-refractivity contribution in [1.82, 2.24) is 0 Å². The van der Waals surface area contributed by atoms with Crippen molar-refractivity contribution in [2.75, 3.05) is 0 Å². The Balaban J connectivity index is 3.80. The maximum atomic E-state index is 11.1. The maximum absolute atomic E-state index is 11.1. The molecule has 0 aromatic heterocycles. The molecule has 0 aliphatic carbocycles. The molecule has 0 aliphatic heterocycles. The first kappa shape index (κ1) is 10.9. The first-order chi connectivity index (χ1) is 4.81. The van der Waals surface area contributed by atoms with Gasteiger partial charge in [-0.3, -0.25) is 4.55 Å². The summed E-state index contributed by atoms with van der Waals surface area (Å²) in [6, 6.07) is 0. The average molecular weight is 213 g/mol. The molecule has 0 spiro atoms. The average Bonchev–Trinajstić information content (AvgIpc) is 1.53. The second kappa shape index (κ2) is 4.07. The summed E-state index contributed by atoms with van der Waals surface area (Å²) in [6.07, 6.45) is -5.15. The standard InChI is InChI=1S/CF3O5PS/c2-1(3,4)8-10(5)9-11(6)7/p+1. The zero-order valence-electron chi connectivity index (χ0n) is 4.57. The quantitative estimate of drug-likeness (QED) is 0.565. The summed E-state index contributed by atoms with van der Waals surface area (Å²) in [6.45, 7) is 0. The Morgan fingerprint density at radius 3 is 2.18 bits per heavy atom. The largest absolute Gasteiger partial charge is 0.723 e. The minimum atomic E-state index is -5.15. The highest BCUT2D eigenvalue weighted by Crippen LogP contribution is 2.34. The van der Waals surface area contributed by atoms with Crippen molar-refractivity contribution in [2.24, 2.45) is 0 Å². The van der Waals surface area contributed by atoms with Gasteiger partial charge in [-0.25, -0.2) is 0 Å². The van der Waals surface area contributed by atoms with E-state index in [2.05, 4.69) is 8.49 Å². The zero-order chi connectivity index (χ0) is 9.07. The van der Waals surface area contributed by atoms with Gasteiger partial charge in [-0.1, -0.05) is 0 Å². The van der Waals surface area contributed by atoms with Crippen molar-refractivity contribution in [3.63, 3.8) is 0 Å². The molecule has 2 atom stereocenters.